The number of alkyl halides is 1. The molecule has 0 radical (unpaired) electrons. The van der Waals surface area contributed by atoms with Gasteiger partial charge < -0.3 is 0 Å². The molecular weight excluding hydrogens is 260 g/mol. The highest BCUT2D eigenvalue weighted by molar-refractivity contribution is 9.08. The van der Waals surface area contributed by atoms with Crippen molar-refractivity contribution in [2.45, 2.75) is 5.33 Å². The van der Waals surface area contributed by atoms with Gasteiger partial charge in [0.15, 0.2) is 0 Å². The summed E-state index contributed by atoms with van der Waals surface area (Å²) in [5.74, 6) is 0. The normalized spacial score (nSPS) is 11.1. The molecule has 0 saturated carbocycles. The standard InChI is InChI=1S/C15H11Br/c16-10-11-5-6-14-8-12-3-1-2-4-13(12)9-15(14)7-11/h1-9H,10H2. The maximum atomic E-state index is 3.49. The Kier molecular flexibility index (Phi) is 2.41. The summed E-state index contributed by atoms with van der Waals surface area (Å²) in [7, 11) is 0. The lowest BCUT2D eigenvalue weighted by Crippen LogP contribution is -1.80. The lowest BCUT2D eigenvalue weighted by atomic mass is 10.0. The Bertz CT molecular complexity index is 656. The maximum Gasteiger partial charge on any atom is 0.0283 e. The van der Waals surface area contributed by atoms with Gasteiger partial charge in [-0.05, 0) is 39.2 Å². The van der Waals surface area contributed by atoms with Crippen LogP contribution in [-0.2, 0) is 5.33 Å². The summed E-state index contributed by atoms with van der Waals surface area (Å²) in [6.45, 7) is 0. The van der Waals surface area contributed by atoms with Crippen LogP contribution in [0.15, 0.2) is 54.6 Å². The second kappa shape index (κ2) is 3.91. The highest BCUT2D eigenvalue weighted by atomic mass is 79.9. The van der Waals surface area contributed by atoms with Crippen LogP contribution in [0.25, 0.3) is 21.5 Å². The number of hydrogen-bond donors (Lipinski definition) is 0. The van der Waals surface area contributed by atoms with Crippen LogP contribution in [0.2, 0.25) is 0 Å². The molecule has 16 heavy (non-hydrogen) atoms. The summed E-state index contributed by atoms with van der Waals surface area (Å²) in [5, 5.41) is 6.15. The highest BCUT2D eigenvalue weighted by Crippen LogP contribution is 2.24. The van der Waals surface area contributed by atoms with Crippen LogP contribution in [-0.4, -0.2) is 0 Å². The van der Waals surface area contributed by atoms with Gasteiger partial charge >= 0.3 is 0 Å². The van der Waals surface area contributed by atoms with Crippen molar-refractivity contribution in [3.8, 4) is 0 Å². The van der Waals surface area contributed by atoms with E-state index in [0.29, 0.717) is 0 Å². The fraction of sp³-hybridized carbons (Fsp3) is 0.0667. The number of fused-ring (bicyclic) bond motifs is 2. The Morgan fingerprint density at radius 2 is 1.31 bits per heavy atom. The van der Waals surface area contributed by atoms with E-state index in [1.807, 2.05) is 0 Å². The summed E-state index contributed by atoms with van der Waals surface area (Å²) in [5.41, 5.74) is 1.32. The van der Waals surface area contributed by atoms with Crippen molar-refractivity contribution >= 4 is 37.5 Å². The molecule has 0 aliphatic heterocycles. The fourth-order valence-corrected chi connectivity index (χ4v) is 2.42. The van der Waals surface area contributed by atoms with Gasteiger partial charge in [-0.2, -0.15) is 0 Å². The first-order valence-electron chi connectivity index (χ1n) is 5.34. The molecule has 78 valence electrons. The van der Waals surface area contributed by atoms with E-state index in [9.17, 15) is 0 Å². The molecule has 0 aromatic heterocycles. The van der Waals surface area contributed by atoms with Crippen molar-refractivity contribution < 1.29 is 0 Å². The van der Waals surface area contributed by atoms with Gasteiger partial charge in [0.1, 0.15) is 0 Å². The number of hydrogen-bond acceptors (Lipinski definition) is 0. The number of halogens is 1. The topological polar surface area (TPSA) is 0 Å². The van der Waals surface area contributed by atoms with Gasteiger partial charge in [-0.3, -0.25) is 0 Å². The predicted octanol–water partition coefficient (Wildman–Crippen LogP) is 4.89. The zero-order valence-electron chi connectivity index (χ0n) is 8.78. The van der Waals surface area contributed by atoms with E-state index in [0.717, 1.165) is 5.33 Å². The van der Waals surface area contributed by atoms with Crippen LogP contribution in [0.3, 0.4) is 0 Å². The zero-order chi connectivity index (χ0) is 11.0. The van der Waals surface area contributed by atoms with Crippen molar-refractivity contribution in [2.24, 2.45) is 0 Å². The lowest BCUT2D eigenvalue weighted by molar-refractivity contribution is 1.47. The SMILES string of the molecule is BrCc1ccc2cc3ccccc3cc2c1. The molecule has 0 fully saturated rings. The summed E-state index contributed by atoms with van der Waals surface area (Å²) < 4.78 is 0. The first kappa shape index (κ1) is 9.86. The van der Waals surface area contributed by atoms with Crippen LogP contribution in [0.5, 0.6) is 0 Å². The van der Waals surface area contributed by atoms with E-state index in [4.69, 9.17) is 0 Å². The predicted molar refractivity (Wildman–Crippen MR) is 74.1 cm³/mol. The third-order valence-electron chi connectivity index (χ3n) is 2.92. The molecule has 1 heteroatoms. The molecule has 0 unspecified atom stereocenters. The molecule has 0 bridgehead atoms. The monoisotopic (exact) mass is 270 g/mol. The molecule has 0 nitrogen and oxygen atoms in total. The van der Waals surface area contributed by atoms with Crippen molar-refractivity contribution in [2.75, 3.05) is 0 Å². The molecule has 0 heterocycles. The average Bonchev–Trinajstić information content (AvgIpc) is 2.35. The molecule has 3 rings (SSSR count). The Balaban J connectivity index is 2.37. The van der Waals surface area contributed by atoms with Crippen LogP contribution >= 0.6 is 15.9 Å². The molecule has 0 amide bonds. The van der Waals surface area contributed by atoms with Crippen LogP contribution in [0.4, 0.5) is 0 Å². The quantitative estimate of drug-likeness (QED) is 0.436. The minimum absolute atomic E-state index is 0.912. The zero-order valence-corrected chi connectivity index (χ0v) is 10.4. The van der Waals surface area contributed by atoms with Crippen molar-refractivity contribution in [3.63, 3.8) is 0 Å². The van der Waals surface area contributed by atoms with E-state index >= 15 is 0 Å². The minimum Gasteiger partial charge on any atom is -0.0876 e. The van der Waals surface area contributed by atoms with Gasteiger partial charge in [-0.25, -0.2) is 0 Å². The molecule has 0 aliphatic carbocycles. The van der Waals surface area contributed by atoms with Crippen molar-refractivity contribution in [1.29, 1.82) is 0 Å². The van der Waals surface area contributed by atoms with E-state index in [-0.39, 0.29) is 0 Å². The van der Waals surface area contributed by atoms with Gasteiger partial charge in [-0.15, -0.1) is 0 Å². The summed E-state index contributed by atoms with van der Waals surface area (Å²) in [4.78, 5) is 0. The first-order chi connectivity index (χ1) is 7.86. The van der Waals surface area contributed by atoms with E-state index in [1.54, 1.807) is 0 Å². The van der Waals surface area contributed by atoms with Crippen LogP contribution < -0.4 is 0 Å². The molecule has 0 aliphatic rings. The van der Waals surface area contributed by atoms with Crippen molar-refractivity contribution in [3.05, 3.63) is 60.2 Å². The molecule has 0 spiro atoms. The van der Waals surface area contributed by atoms with Crippen LogP contribution in [0, 0.1) is 0 Å². The minimum atomic E-state index is 0.912. The molecule has 3 aromatic rings. The molecule has 3 aromatic carbocycles. The molecule has 0 atom stereocenters. The fourth-order valence-electron chi connectivity index (χ4n) is 2.07. The molecule has 0 saturated heterocycles. The van der Waals surface area contributed by atoms with Crippen molar-refractivity contribution in [1.82, 2.24) is 0 Å². The molecular formula is C15H11Br. The Morgan fingerprint density at radius 1 is 0.688 bits per heavy atom. The van der Waals surface area contributed by atoms with E-state index in [1.165, 1.54) is 27.1 Å². The lowest BCUT2D eigenvalue weighted by Gasteiger charge is -2.03. The summed E-state index contributed by atoms with van der Waals surface area (Å²) in [6, 6.07) is 19.6. The van der Waals surface area contributed by atoms with E-state index in [2.05, 4.69) is 70.5 Å². The number of benzene rings is 3. The third-order valence-corrected chi connectivity index (χ3v) is 3.57. The molecule has 0 N–H and O–H groups in total. The van der Waals surface area contributed by atoms with Gasteiger partial charge in [0.25, 0.3) is 0 Å². The van der Waals surface area contributed by atoms with Crippen LogP contribution in [0.1, 0.15) is 5.56 Å². The Labute approximate surface area is 103 Å². The van der Waals surface area contributed by atoms with Gasteiger partial charge in [0.2, 0.25) is 0 Å². The summed E-state index contributed by atoms with van der Waals surface area (Å²) >= 11 is 3.49. The maximum absolute atomic E-state index is 3.49. The van der Waals surface area contributed by atoms with E-state index < -0.39 is 0 Å². The first-order valence-corrected chi connectivity index (χ1v) is 6.46. The number of rotatable bonds is 1. The second-order valence-electron chi connectivity index (χ2n) is 4.01. The smallest absolute Gasteiger partial charge is 0.0283 e. The van der Waals surface area contributed by atoms with Gasteiger partial charge in [0, 0.05) is 5.33 Å². The average molecular weight is 271 g/mol. The third kappa shape index (κ3) is 1.61. The van der Waals surface area contributed by atoms with Gasteiger partial charge in [0.05, 0.1) is 0 Å². The van der Waals surface area contributed by atoms with Gasteiger partial charge in [-0.1, -0.05) is 58.4 Å². The second-order valence-corrected chi connectivity index (χ2v) is 4.58. The summed E-state index contributed by atoms with van der Waals surface area (Å²) in [6.07, 6.45) is 0. The Hall–Kier alpha value is -1.34. The largest absolute Gasteiger partial charge is 0.0876 e. The Morgan fingerprint density at radius 3 is 2.00 bits per heavy atom. The highest BCUT2D eigenvalue weighted by Gasteiger charge is 1.98.